The second-order valence-electron chi connectivity index (χ2n) is 7.49. The highest BCUT2D eigenvalue weighted by Crippen LogP contribution is 2.55. The molecule has 0 spiro atoms. The Morgan fingerprint density at radius 3 is 2.39 bits per heavy atom. The van der Waals surface area contributed by atoms with Crippen molar-refractivity contribution in [3.8, 4) is 5.75 Å². The first-order chi connectivity index (χ1) is 14.7. The Labute approximate surface area is 181 Å². The van der Waals surface area contributed by atoms with Crippen LogP contribution in [0.4, 0.5) is 8.78 Å². The van der Waals surface area contributed by atoms with Crippen molar-refractivity contribution in [2.75, 3.05) is 13.2 Å². The van der Waals surface area contributed by atoms with Gasteiger partial charge in [-0.05, 0) is 36.2 Å². The Bertz CT molecular complexity index is 996. The lowest BCUT2D eigenvalue weighted by atomic mass is 9.81. The van der Waals surface area contributed by atoms with Crippen molar-refractivity contribution < 1.29 is 43.4 Å². The lowest BCUT2D eigenvalue weighted by Crippen LogP contribution is -2.81. The quantitative estimate of drug-likeness (QED) is 0.520. The number of ether oxygens (including phenoxy) is 3. The van der Waals surface area contributed by atoms with Crippen molar-refractivity contribution in [1.29, 1.82) is 0 Å². The number of halogens is 3. The fraction of sp³-hybridized carbons (Fsp3) is 0.429. The predicted molar refractivity (Wildman–Crippen MR) is 103 cm³/mol. The van der Waals surface area contributed by atoms with E-state index in [4.69, 9.17) is 25.8 Å². The van der Waals surface area contributed by atoms with E-state index >= 15 is 0 Å². The van der Waals surface area contributed by atoms with Gasteiger partial charge in [0.2, 0.25) is 17.4 Å². The van der Waals surface area contributed by atoms with Crippen molar-refractivity contribution >= 4 is 11.6 Å². The molecule has 0 aliphatic carbocycles. The van der Waals surface area contributed by atoms with Crippen molar-refractivity contribution in [1.82, 2.24) is 0 Å². The molecule has 2 aromatic carbocycles. The molecule has 1 unspecified atom stereocenters. The van der Waals surface area contributed by atoms with E-state index in [0.717, 1.165) is 0 Å². The van der Waals surface area contributed by atoms with Gasteiger partial charge < -0.3 is 34.6 Å². The van der Waals surface area contributed by atoms with Crippen molar-refractivity contribution in [3.05, 3.63) is 63.7 Å². The van der Waals surface area contributed by atoms with Crippen LogP contribution in [0.5, 0.6) is 5.75 Å². The summed E-state index contributed by atoms with van der Waals surface area (Å²) in [6.07, 6.45) is -5.08. The van der Waals surface area contributed by atoms with E-state index in [1.165, 1.54) is 30.3 Å². The Morgan fingerprint density at radius 1 is 1.03 bits per heavy atom. The third-order valence-electron chi connectivity index (χ3n) is 5.61. The van der Waals surface area contributed by atoms with Crippen LogP contribution in [0.3, 0.4) is 0 Å². The topological polar surface area (TPSA) is 109 Å². The van der Waals surface area contributed by atoms with Gasteiger partial charge in [-0.1, -0.05) is 23.7 Å². The summed E-state index contributed by atoms with van der Waals surface area (Å²) in [5, 5.41) is 40.5. The van der Waals surface area contributed by atoms with Crippen molar-refractivity contribution in [2.24, 2.45) is 0 Å². The molecule has 0 aromatic heterocycles. The van der Waals surface area contributed by atoms with Gasteiger partial charge in [0.25, 0.3) is 0 Å². The second kappa shape index (κ2) is 7.93. The molecule has 3 fully saturated rings. The summed E-state index contributed by atoms with van der Waals surface area (Å²) < 4.78 is 45.0. The zero-order valence-electron chi connectivity index (χ0n) is 16.4. The van der Waals surface area contributed by atoms with Gasteiger partial charge in [-0.3, -0.25) is 0 Å². The molecule has 2 bridgehead atoms. The monoisotopic (exact) mass is 458 g/mol. The van der Waals surface area contributed by atoms with Gasteiger partial charge >= 0.3 is 0 Å². The van der Waals surface area contributed by atoms with Gasteiger partial charge in [0.1, 0.15) is 24.9 Å². The maximum atomic E-state index is 14.5. The first kappa shape index (κ1) is 22.3. The van der Waals surface area contributed by atoms with Crippen LogP contribution in [0.25, 0.3) is 0 Å². The normalized spacial score (nSPS) is 31.9. The van der Waals surface area contributed by atoms with Crippen LogP contribution in [-0.4, -0.2) is 57.7 Å². The van der Waals surface area contributed by atoms with Crippen molar-refractivity contribution in [3.63, 3.8) is 0 Å². The molecule has 168 valence electrons. The van der Waals surface area contributed by atoms with Crippen molar-refractivity contribution in [2.45, 2.75) is 43.2 Å². The van der Waals surface area contributed by atoms with E-state index in [1.807, 2.05) is 0 Å². The summed E-state index contributed by atoms with van der Waals surface area (Å²) >= 11 is 6.24. The molecule has 10 heteroatoms. The molecule has 3 atom stereocenters. The molecule has 3 aliphatic heterocycles. The van der Waals surface area contributed by atoms with E-state index < -0.39 is 48.1 Å². The van der Waals surface area contributed by atoms with Crippen LogP contribution in [0.2, 0.25) is 5.02 Å². The average Bonchev–Trinajstić information content (AvgIpc) is 2.73. The van der Waals surface area contributed by atoms with Gasteiger partial charge in [-0.2, -0.15) is 4.39 Å². The van der Waals surface area contributed by atoms with Crippen LogP contribution in [0, 0.1) is 11.6 Å². The van der Waals surface area contributed by atoms with E-state index in [2.05, 4.69) is 0 Å². The molecule has 0 saturated carbocycles. The van der Waals surface area contributed by atoms with Gasteiger partial charge in [0.05, 0.1) is 6.61 Å². The molecule has 3 heterocycles. The van der Waals surface area contributed by atoms with E-state index in [1.54, 1.807) is 6.92 Å². The molecule has 4 N–H and O–H groups in total. The summed E-state index contributed by atoms with van der Waals surface area (Å²) in [6, 6.07) is 7.10. The summed E-state index contributed by atoms with van der Waals surface area (Å²) in [6.45, 7) is 1.09. The SMILES string of the molecule is CCOc1ccc(Cc2cc(C34OC(CO)(O3)[C@@H](O)C(O)[C@H]4O)ccc2Cl)c(F)c1F. The summed E-state index contributed by atoms with van der Waals surface area (Å²) in [5.41, 5.74) is 0.621. The molecule has 7 nitrogen and oxygen atoms in total. The fourth-order valence-electron chi connectivity index (χ4n) is 3.97. The van der Waals surface area contributed by atoms with Crippen LogP contribution in [-0.2, 0) is 21.7 Å². The van der Waals surface area contributed by atoms with Crippen LogP contribution in [0.15, 0.2) is 30.3 Å². The smallest absolute Gasteiger partial charge is 0.230 e. The highest BCUT2D eigenvalue weighted by molar-refractivity contribution is 6.31. The predicted octanol–water partition coefficient (Wildman–Crippen LogP) is 1.59. The average molecular weight is 459 g/mol. The number of aliphatic hydroxyl groups excluding tert-OH is 4. The fourth-order valence-corrected chi connectivity index (χ4v) is 4.16. The minimum Gasteiger partial charge on any atom is -0.491 e. The minimum atomic E-state index is -1.87. The first-order valence-electron chi connectivity index (χ1n) is 9.63. The molecule has 0 amide bonds. The zero-order chi connectivity index (χ0) is 22.6. The van der Waals surface area contributed by atoms with Gasteiger partial charge in [-0.25, -0.2) is 4.39 Å². The molecule has 2 aromatic rings. The van der Waals surface area contributed by atoms with Gasteiger partial charge in [-0.15, -0.1) is 0 Å². The lowest BCUT2D eigenvalue weighted by Gasteiger charge is -2.63. The van der Waals surface area contributed by atoms with Crippen LogP contribution < -0.4 is 4.74 Å². The molecule has 5 rings (SSSR count). The van der Waals surface area contributed by atoms with E-state index in [-0.39, 0.29) is 34.9 Å². The van der Waals surface area contributed by atoms with Crippen LogP contribution in [0.1, 0.15) is 23.6 Å². The molecule has 31 heavy (non-hydrogen) atoms. The maximum absolute atomic E-state index is 14.5. The summed E-state index contributed by atoms with van der Waals surface area (Å²) in [5.74, 6) is -6.11. The molecular formula is C21H21ClF2O7. The molecular weight excluding hydrogens is 438 g/mol. The van der Waals surface area contributed by atoms with Gasteiger partial charge in [0.15, 0.2) is 11.6 Å². The van der Waals surface area contributed by atoms with E-state index in [0.29, 0.717) is 5.56 Å². The van der Waals surface area contributed by atoms with Gasteiger partial charge in [0, 0.05) is 17.0 Å². The largest absolute Gasteiger partial charge is 0.491 e. The van der Waals surface area contributed by atoms with Crippen LogP contribution >= 0.6 is 11.6 Å². The summed E-state index contributed by atoms with van der Waals surface area (Å²) in [7, 11) is 0. The molecule has 3 saturated heterocycles. The Kier molecular flexibility index (Phi) is 5.72. The third-order valence-corrected chi connectivity index (χ3v) is 5.98. The second-order valence-corrected chi connectivity index (χ2v) is 7.90. The highest BCUT2D eigenvalue weighted by atomic mass is 35.5. The third kappa shape index (κ3) is 3.32. The zero-order valence-corrected chi connectivity index (χ0v) is 17.1. The summed E-state index contributed by atoms with van der Waals surface area (Å²) in [4.78, 5) is 0. The Balaban J connectivity index is 1.67. The Morgan fingerprint density at radius 2 is 1.74 bits per heavy atom. The first-order valence-corrected chi connectivity index (χ1v) is 10.0. The standard InChI is InChI=1S/C21H21ClF2O7/c1-2-29-14-6-3-10(15(23)16(14)24)7-11-8-12(4-5-13(11)22)21-19(28)17(26)18(27)20(9-25,30-21)31-21/h3-6,8,17-19,25-28H,2,7,9H2,1H3/t17?,18-,19+,20?,21?/m0/s1. The minimum absolute atomic E-state index is 0.0253. The molecule has 0 radical (unpaired) electrons. The highest BCUT2D eigenvalue weighted by Gasteiger charge is 2.73. The number of rotatable bonds is 6. The number of aliphatic hydroxyl groups is 4. The Hall–Kier alpha value is -1.85. The maximum Gasteiger partial charge on any atom is 0.230 e. The number of hydrogen-bond acceptors (Lipinski definition) is 7. The number of benzene rings is 2. The lowest BCUT2D eigenvalue weighted by molar-refractivity contribution is -0.591. The molecule has 3 aliphatic rings. The van der Waals surface area contributed by atoms with E-state index in [9.17, 15) is 29.2 Å². The number of fused-ring (bicyclic) bond motifs is 2. The number of hydrogen-bond donors (Lipinski definition) is 4.